The second-order valence-electron chi connectivity index (χ2n) is 7.14. The summed E-state index contributed by atoms with van der Waals surface area (Å²) < 4.78 is 5.43. The predicted octanol–water partition coefficient (Wildman–Crippen LogP) is 1.92. The van der Waals surface area contributed by atoms with Crippen LogP contribution in [0.2, 0.25) is 0 Å². The van der Waals surface area contributed by atoms with Crippen molar-refractivity contribution in [3.63, 3.8) is 0 Å². The summed E-state index contributed by atoms with van der Waals surface area (Å²) in [6.07, 6.45) is 3.65. The van der Waals surface area contributed by atoms with Crippen LogP contribution in [0.15, 0.2) is 0 Å². The van der Waals surface area contributed by atoms with E-state index in [1.54, 1.807) is 0 Å². The normalized spacial score (nSPS) is 32.8. The Bertz CT molecular complexity index is 241. The Kier molecular flexibility index (Phi) is 3.81. The van der Waals surface area contributed by atoms with E-state index in [1.165, 1.54) is 19.3 Å². The zero-order chi connectivity index (χ0) is 12.5. The van der Waals surface area contributed by atoms with E-state index in [0.29, 0.717) is 6.04 Å². The van der Waals surface area contributed by atoms with Crippen LogP contribution in [0.4, 0.5) is 0 Å². The van der Waals surface area contributed by atoms with Gasteiger partial charge in [0.05, 0.1) is 6.61 Å². The molecule has 2 aliphatic heterocycles. The minimum absolute atomic E-state index is 0.242. The predicted molar refractivity (Wildman–Crippen MR) is 71.2 cm³/mol. The Morgan fingerprint density at radius 2 is 1.82 bits per heavy atom. The minimum Gasteiger partial charge on any atom is -0.381 e. The van der Waals surface area contributed by atoms with Gasteiger partial charge >= 0.3 is 0 Å². The molecule has 2 heterocycles. The van der Waals surface area contributed by atoms with Crippen LogP contribution < -0.4 is 10.6 Å². The molecule has 0 saturated carbocycles. The van der Waals surface area contributed by atoms with Crippen LogP contribution in [0.1, 0.15) is 47.0 Å². The van der Waals surface area contributed by atoms with Crippen LogP contribution >= 0.6 is 0 Å². The summed E-state index contributed by atoms with van der Waals surface area (Å²) in [5.74, 6) is 0.733. The average molecular weight is 240 g/mol. The van der Waals surface area contributed by atoms with Crippen LogP contribution in [0.5, 0.6) is 0 Å². The Morgan fingerprint density at radius 1 is 1.18 bits per heavy atom. The summed E-state index contributed by atoms with van der Waals surface area (Å²) >= 11 is 0. The van der Waals surface area contributed by atoms with E-state index in [0.717, 1.165) is 25.7 Å². The number of hydrogen-bond donors (Lipinski definition) is 2. The van der Waals surface area contributed by atoms with Crippen molar-refractivity contribution in [1.29, 1.82) is 0 Å². The van der Waals surface area contributed by atoms with Crippen molar-refractivity contribution in [1.82, 2.24) is 10.6 Å². The van der Waals surface area contributed by atoms with E-state index in [2.05, 4.69) is 38.3 Å². The molecule has 0 spiro atoms. The van der Waals surface area contributed by atoms with Gasteiger partial charge in [-0.1, -0.05) is 0 Å². The van der Waals surface area contributed by atoms with Gasteiger partial charge in [0.2, 0.25) is 0 Å². The first kappa shape index (κ1) is 13.3. The Labute approximate surface area is 106 Å². The maximum atomic E-state index is 5.43. The topological polar surface area (TPSA) is 33.3 Å². The Morgan fingerprint density at radius 3 is 2.35 bits per heavy atom. The van der Waals surface area contributed by atoms with E-state index in [4.69, 9.17) is 4.74 Å². The molecule has 2 fully saturated rings. The van der Waals surface area contributed by atoms with Gasteiger partial charge in [0.1, 0.15) is 0 Å². The number of rotatable bonds is 3. The van der Waals surface area contributed by atoms with Crippen molar-refractivity contribution in [3.05, 3.63) is 0 Å². The van der Waals surface area contributed by atoms with Crippen molar-refractivity contribution in [2.45, 2.75) is 64.1 Å². The zero-order valence-electron chi connectivity index (χ0n) is 11.8. The molecule has 1 atom stereocenters. The lowest BCUT2D eigenvalue weighted by molar-refractivity contribution is 0.141. The highest BCUT2D eigenvalue weighted by atomic mass is 16.5. The molecule has 3 heteroatoms. The van der Waals surface area contributed by atoms with E-state index < -0.39 is 0 Å². The van der Waals surface area contributed by atoms with Gasteiger partial charge in [0.15, 0.2) is 0 Å². The third kappa shape index (κ3) is 3.94. The highest BCUT2D eigenvalue weighted by Crippen LogP contribution is 2.28. The van der Waals surface area contributed by atoms with E-state index >= 15 is 0 Å². The van der Waals surface area contributed by atoms with E-state index in [-0.39, 0.29) is 11.1 Å². The van der Waals surface area contributed by atoms with Gasteiger partial charge in [-0.3, -0.25) is 0 Å². The maximum absolute atomic E-state index is 5.43. The second kappa shape index (κ2) is 4.87. The summed E-state index contributed by atoms with van der Waals surface area (Å²) in [5.41, 5.74) is 0.483. The highest BCUT2D eigenvalue weighted by Gasteiger charge is 2.37. The van der Waals surface area contributed by atoms with Gasteiger partial charge in [-0.2, -0.15) is 0 Å². The van der Waals surface area contributed by atoms with E-state index in [1.807, 2.05) is 0 Å². The van der Waals surface area contributed by atoms with Crippen LogP contribution in [-0.4, -0.2) is 36.9 Å². The van der Waals surface area contributed by atoms with Gasteiger partial charge < -0.3 is 15.4 Å². The first-order valence-corrected chi connectivity index (χ1v) is 6.97. The van der Waals surface area contributed by atoms with Gasteiger partial charge in [-0.15, -0.1) is 0 Å². The molecule has 0 aromatic rings. The first-order valence-electron chi connectivity index (χ1n) is 6.97. The fourth-order valence-electron chi connectivity index (χ4n) is 3.54. The third-order valence-corrected chi connectivity index (χ3v) is 3.91. The van der Waals surface area contributed by atoms with E-state index in [9.17, 15) is 0 Å². The first-order chi connectivity index (χ1) is 7.86. The number of ether oxygens (including phenoxy) is 1. The molecule has 0 amide bonds. The molecule has 0 aromatic heterocycles. The molecule has 17 heavy (non-hydrogen) atoms. The number of piperidine rings is 1. The van der Waals surface area contributed by atoms with Crippen molar-refractivity contribution in [2.24, 2.45) is 5.92 Å². The van der Waals surface area contributed by atoms with Crippen molar-refractivity contribution >= 4 is 0 Å². The Balaban J connectivity index is 1.83. The van der Waals surface area contributed by atoms with Crippen molar-refractivity contribution in [2.75, 3.05) is 19.8 Å². The molecule has 2 N–H and O–H groups in total. The fourth-order valence-corrected chi connectivity index (χ4v) is 3.54. The molecule has 3 nitrogen and oxygen atoms in total. The molecule has 0 radical (unpaired) electrons. The summed E-state index contributed by atoms with van der Waals surface area (Å²) in [6, 6.07) is 0.641. The minimum atomic E-state index is 0.242. The molecule has 2 saturated heterocycles. The van der Waals surface area contributed by atoms with Crippen molar-refractivity contribution in [3.8, 4) is 0 Å². The number of nitrogens with one attached hydrogen (secondary N) is 2. The second-order valence-corrected chi connectivity index (χ2v) is 7.14. The third-order valence-electron chi connectivity index (χ3n) is 3.91. The smallest absolute Gasteiger partial charge is 0.0507 e. The van der Waals surface area contributed by atoms with Crippen LogP contribution in [0, 0.1) is 5.92 Å². The van der Waals surface area contributed by atoms with Crippen LogP contribution in [0.3, 0.4) is 0 Å². The maximum Gasteiger partial charge on any atom is 0.0507 e. The molecular weight excluding hydrogens is 212 g/mol. The lowest BCUT2D eigenvalue weighted by Gasteiger charge is -2.47. The molecule has 0 aromatic carbocycles. The molecule has 2 aliphatic rings. The largest absolute Gasteiger partial charge is 0.381 e. The SMILES string of the molecule is CC1(C)CC(NCC2CCOC2)CC(C)(C)N1. The van der Waals surface area contributed by atoms with Gasteiger partial charge in [0.25, 0.3) is 0 Å². The molecule has 1 unspecified atom stereocenters. The summed E-state index contributed by atoms with van der Waals surface area (Å²) in [6.45, 7) is 12.3. The molecule has 0 aliphatic carbocycles. The van der Waals surface area contributed by atoms with Gasteiger partial charge in [-0.05, 0) is 52.9 Å². The summed E-state index contributed by atoms with van der Waals surface area (Å²) in [5, 5.41) is 7.48. The molecular formula is C14H28N2O. The Hall–Kier alpha value is -0.120. The molecule has 100 valence electrons. The standard InChI is InChI=1S/C14H28N2O/c1-13(2)7-12(8-14(3,4)16-13)15-9-11-5-6-17-10-11/h11-12,15-16H,5-10H2,1-4H3. The van der Waals surface area contributed by atoms with Gasteiger partial charge in [-0.25, -0.2) is 0 Å². The summed E-state index contributed by atoms with van der Waals surface area (Å²) in [4.78, 5) is 0. The monoisotopic (exact) mass is 240 g/mol. The highest BCUT2D eigenvalue weighted by molar-refractivity contribution is 4.99. The zero-order valence-corrected chi connectivity index (χ0v) is 11.8. The fraction of sp³-hybridized carbons (Fsp3) is 1.00. The van der Waals surface area contributed by atoms with Gasteiger partial charge in [0, 0.05) is 30.3 Å². The molecule has 2 rings (SSSR count). The lowest BCUT2D eigenvalue weighted by atomic mass is 9.79. The molecule has 0 bridgehead atoms. The van der Waals surface area contributed by atoms with Crippen LogP contribution in [-0.2, 0) is 4.74 Å². The summed E-state index contributed by atoms with van der Waals surface area (Å²) in [7, 11) is 0. The number of hydrogen-bond acceptors (Lipinski definition) is 3. The van der Waals surface area contributed by atoms with Crippen molar-refractivity contribution < 1.29 is 4.74 Å². The average Bonchev–Trinajstić information content (AvgIpc) is 2.61. The lowest BCUT2D eigenvalue weighted by Crippen LogP contribution is -2.61. The quantitative estimate of drug-likeness (QED) is 0.791. The van der Waals surface area contributed by atoms with Crippen LogP contribution in [0.25, 0.3) is 0 Å².